The molecule has 2 aliphatic rings. The van der Waals surface area contributed by atoms with Gasteiger partial charge in [-0.15, -0.1) is 0 Å². The van der Waals surface area contributed by atoms with Crippen LogP contribution in [0.2, 0.25) is 0 Å². The molecule has 0 spiro atoms. The lowest BCUT2D eigenvalue weighted by atomic mass is 9.76. The SMILES string of the molecule is CCCn1ncc(CN2CC[C@]3(c4ccccc4)[C@@H](C2)OCC(=O)N3C)c1C. The third-order valence-corrected chi connectivity index (χ3v) is 6.45. The summed E-state index contributed by atoms with van der Waals surface area (Å²) in [5, 5.41) is 4.54. The van der Waals surface area contributed by atoms with E-state index in [0.717, 1.165) is 39.0 Å². The van der Waals surface area contributed by atoms with Crippen molar-refractivity contribution in [3.05, 3.63) is 53.3 Å². The number of aryl methyl sites for hydroxylation is 1. The number of fused-ring (bicyclic) bond motifs is 1. The molecule has 6 heteroatoms. The molecule has 0 unspecified atom stereocenters. The zero-order valence-corrected chi connectivity index (χ0v) is 17.1. The van der Waals surface area contributed by atoms with E-state index in [1.165, 1.54) is 16.8 Å². The van der Waals surface area contributed by atoms with Crippen molar-refractivity contribution in [1.29, 1.82) is 0 Å². The summed E-state index contributed by atoms with van der Waals surface area (Å²) in [7, 11) is 1.93. The Morgan fingerprint density at radius 3 is 2.82 bits per heavy atom. The van der Waals surface area contributed by atoms with Crippen LogP contribution in [0.25, 0.3) is 0 Å². The number of likely N-dealkylation sites (N-methyl/N-ethyl adjacent to an activating group) is 1. The van der Waals surface area contributed by atoms with Crippen molar-refractivity contribution in [3.8, 4) is 0 Å². The molecule has 4 rings (SSSR count). The lowest BCUT2D eigenvalue weighted by Gasteiger charge is -2.54. The van der Waals surface area contributed by atoms with Crippen LogP contribution in [0.1, 0.15) is 36.6 Å². The second kappa shape index (κ2) is 7.68. The second-order valence-electron chi connectivity index (χ2n) is 8.01. The maximum Gasteiger partial charge on any atom is 0.249 e. The molecular weight excluding hydrogens is 352 g/mol. The summed E-state index contributed by atoms with van der Waals surface area (Å²) >= 11 is 0. The minimum absolute atomic E-state index is 0.0302. The molecule has 2 atom stereocenters. The Kier molecular flexibility index (Phi) is 5.25. The van der Waals surface area contributed by atoms with Crippen molar-refractivity contribution in [2.24, 2.45) is 0 Å². The Balaban J connectivity index is 1.57. The normalized spacial score (nSPS) is 25.8. The zero-order valence-electron chi connectivity index (χ0n) is 17.1. The highest BCUT2D eigenvalue weighted by molar-refractivity contribution is 5.79. The van der Waals surface area contributed by atoms with Crippen LogP contribution in [0.5, 0.6) is 0 Å². The molecule has 0 bridgehead atoms. The molecule has 2 saturated heterocycles. The predicted molar refractivity (Wildman–Crippen MR) is 108 cm³/mol. The van der Waals surface area contributed by atoms with Gasteiger partial charge in [0.15, 0.2) is 0 Å². The largest absolute Gasteiger partial charge is 0.364 e. The van der Waals surface area contributed by atoms with Gasteiger partial charge in [0.2, 0.25) is 5.91 Å². The highest BCUT2D eigenvalue weighted by atomic mass is 16.5. The molecular formula is C22H30N4O2. The minimum atomic E-state index is -0.380. The van der Waals surface area contributed by atoms with Crippen molar-refractivity contribution in [2.45, 2.75) is 51.4 Å². The van der Waals surface area contributed by atoms with E-state index in [1.54, 1.807) is 0 Å². The van der Waals surface area contributed by atoms with E-state index in [-0.39, 0.29) is 24.2 Å². The summed E-state index contributed by atoms with van der Waals surface area (Å²) in [6.07, 6.45) is 3.92. The van der Waals surface area contributed by atoms with Crippen LogP contribution in [0.4, 0.5) is 0 Å². The molecule has 1 aromatic heterocycles. The van der Waals surface area contributed by atoms with Gasteiger partial charge in [0.05, 0.1) is 17.8 Å². The number of nitrogens with zero attached hydrogens (tertiary/aromatic N) is 4. The molecule has 0 saturated carbocycles. The number of carbonyl (C=O) groups is 1. The fourth-order valence-corrected chi connectivity index (χ4v) is 4.74. The molecule has 3 heterocycles. The quantitative estimate of drug-likeness (QED) is 0.798. The number of benzene rings is 1. The number of hydrogen-bond donors (Lipinski definition) is 0. The first-order valence-corrected chi connectivity index (χ1v) is 10.2. The average molecular weight is 383 g/mol. The average Bonchev–Trinajstić information content (AvgIpc) is 3.06. The third kappa shape index (κ3) is 3.14. The fraction of sp³-hybridized carbons (Fsp3) is 0.545. The van der Waals surface area contributed by atoms with Crippen LogP contribution in [0.15, 0.2) is 36.5 Å². The van der Waals surface area contributed by atoms with Gasteiger partial charge in [-0.25, -0.2) is 0 Å². The van der Waals surface area contributed by atoms with Gasteiger partial charge < -0.3 is 9.64 Å². The van der Waals surface area contributed by atoms with E-state index in [9.17, 15) is 4.79 Å². The van der Waals surface area contributed by atoms with E-state index in [1.807, 2.05) is 36.3 Å². The maximum atomic E-state index is 12.5. The summed E-state index contributed by atoms with van der Waals surface area (Å²) < 4.78 is 8.20. The van der Waals surface area contributed by atoms with Crippen LogP contribution in [-0.2, 0) is 28.2 Å². The van der Waals surface area contributed by atoms with Gasteiger partial charge in [-0.3, -0.25) is 14.4 Å². The molecule has 0 N–H and O–H groups in total. The zero-order chi connectivity index (χ0) is 19.7. The number of morpholine rings is 1. The first kappa shape index (κ1) is 19.2. The van der Waals surface area contributed by atoms with Gasteiger partial charge >= 0.3 is 0 Å². The standard InChI is InChI=1S/C22H30N4O2/c1-4-11-26-17(2)18(13-23-26)14-25-12-10-22(19-8-6-5-7-9-19)20(15-25)28-16-21(27)24(22)3/h5-9,13,20H,4,10-12,14-16H2,1-3H3/t20-,22+/m1/s1. The summed E-state index contributed by atoms with van der Waals surface area (Å²) in [6, 6.07) is 10.4. The van der Waals surface area contributed by atoms with E-state index in [4.69, 9.17) is 4.74 Å². The highest BCUT2D eigenvalue weighted by Gasteiger charge is 2.52. The molecule has 2 aromatic rings. The number of piperidine rings is 1. The van der Waals surface area contributed by atoms with Crippen LogP contribution in [0.3, 0.4) is 0 Å². The molecule has 0 radical (unpaired) electrons. The molecule has 2 aliphatic heterocycles. The summed E-state index contributed by atoms with van der Waals surface area (Å²) in [5.74, 6) is 0.0604. The third-order valence-electron chi connectivity index (χ3n) is 6.45. The van der Waals surface area contributed by atoms with Crippen LogP contribution >= 0.6 is 0 Å². The second-order valence-corrected chi connectivity index (χ2v) is 8.01. The molecule has 6 nitrogen and oxygen atoms in total. The number of aromatic nitrogens is 2. The fourth-order valence-electron chi connectivity index (χ4n) is 4.74. The number of amides is 1. The van der Waals surface area contributed by atoms with E-state index >= 15 is 0 Å². The number of carbonyl (C=O) groups excluding carboxylic acids is 1. The lowest BCUT2D eigenvalue weighted by Crippen LogP contribution is -2.66. The van der Waals surface area contributed by atoms with Gasteiger partial charge in [0.1, 0.15) is 6.61 Å². The van der Waals surface area contributed by atoms with E-state index in [0.29, 0.717) is 0 Å². The van der Waals surface area contributed by atoms with Gasteiger partial charge in [-0.1, -0.05) is 37.3 Å². The number of ether oxygens (including phenoxy) is 1. The predicted octanol–water partition coefficient (Wildman–Crippen LogP) is 2.56. The summed E-state index contributed by atoms with van der Waals surface area (Å²) in [6.45, 7) is 8.05. The van der Waals surface area contributed by atoms with Gasteiger partial charge in [0, 0.05) is 44.5 Å². The first-order chi connectivity index (χ1) is 13.6. The summed E-state index contributed by atoms with van der Waals surface area (Å²) in [5.41, 5.74) is 3.32. The Bertz CT molecular complexity index is 834. The smallest absolute Gasteiger partial charge is 0.249 e. The van der Waals surface area contributed by atoms with Crippen molar-refractivity contribution in [1.82, 2.24) is 19.6 Å². The molecule has 1 aromatic carbocycles. The number of rotatable bonds is 5. The molecule has 28 heavy (non-hydrogen) atoms. The Hall–Kier alpha value is -2.18. The first-order valence-electron chi connectivity index (χ1n) is 10.2. The topological polar surface area (TPSA) is 50.6 Å². The van der Waals surface area contributed by atoms with Gasteiger partial charge in [0.25, 0.3) is 0 Å². The van der Waals surface area contributed by atoms with Crippen LogP contribution in [-0.4, -0.2) is 58.3 Å². The molecule has 150 valence electrons. The number of likely N-dealkylation sites (tertiary alicyclic amines) is 1. The van der Waals surface area contributed by atoms with Crippen LogP contribution in [0, 0.1) is 6.92 Å². The Labute approximate surface area is 167 Å². The number of hydrogen-bond acceptors (Lipinski definition) is 4. The molecule has 2 fully saturated rings. The van der Waals surface area contributed by atoms with E-state index < -0.39 is 0 Å². The van der Waals surface area contributed by atoms with Crippen molar-refractivity contribution in [2.75, 3.05) is 26.7 Å². The van der Waals surface area contributed by atoms with Crippen molar-refractivity contribution < 1.29 is 9.53 Å². The van der Waals surface area contributed by atoms with Crippen molar-refractivity contribution in [3.63, 3.8) is 0 Å². The Morgan fingerprint density at radius 2 is 2.07 bits per heavy atom. The summed E-state index contributed by atoms with van der Waals surface area (Å²) in [4.78, 5) is 16.9. The van der Waals surface area contributed by atoms with Gasteiger partial charge in [-0.2, -0.15) is 5.10 Å². The van der Waals surface area contributed by atoms with E-state index in [2.05, 4.69) is 40.7 Å². The van der Waals surface area contributed by atoms with Crippen LogP contribution < -0.4 is 0 Å². The van der Waals surface area contributed by atoms with Crippen molar-refractivity contribution >= 4 is 5.91 Å². The molecule has 0 aliphatic carbocycles. The maximum absolute atomic E-state index is 12.5. The molecule has 1 amide bonds. The monoisotopic (exact) mass is 382 g/mol. The Morgan fingerprint density at radius 1 is 1.29 bits per heavy atom. The lowest BCUT2D eigenvalue weighted by molar-refractivity contribution is -0.183. The highest BCUT2D eigenvalue weighted by Crippen LogP contribution is 2.42. The minimum Gasteiger partial charge on any atom is -0.364 e. The van der Waals surface area contributed by atoms with Gasteiger partial charge in [-0.05, 0) is 25.3 Å².